The van der Waals surface area contributed by atoms with E-state index in [1.54, 1.807) is 6.08 Å². The number of hydrogen-bond acceptors (Lipinski definition) is 0. The molecule has 0 aliphatic heterocycles. The maximum atomic E-state index is 5.64. The predicted molar refractivity (Wildman–Crippen MR) is 51.0 cm³/mol. The fraction of sp³-hybridized carbons (Fsp3) is 0.111. The molecule has 0 unspecified atom stereocenters. The maximum absolute atomic E-state index is 5.64. The minimum absolute atomic E-state index is 0.436. The lowest BCUT2D eigenvalue weighted by Crippen LogP contribution is -1.80. The minimum Gasteiger partial charge on any atom is -0.100 e. The van der Waals surface area contributed by atoms with Crippen molar-refractivity contribution in [1.82, 2.24) is 0 Å². The first-order valence-electron chi connectivity index (χ1n) is 3.24. The molecule has 0 saturated carbocycles. The van der Waals surface area contributed by atoms with E-state index in [9.17, 15) is 0 Å². The fourth-order valence-electron chi connectivity index (χ4n) is 0.778. The number of rotatable bonds is 2. The molecule has 0 aliphatic rings. The molecule has 1 aromatic carbocycles. The van der Waals surface area contributed by atoms with Crippen molar-refractivity contribution in [1.29, 1.82) is 0 Å². The summed E-state index contributed by atoms with van der Waals surface area (Å²) >= 11 is 11.3. The summed E-state index contributed by atoms with van der Waals surface area (Å²) in [5.74, 6) is 0. The topological polar surface area (TPSA) is 0 Å². The fourth-order valence-corrected chi connectivity index (χ4v) is 1.07. The van der Waals surface area contributed by atoms with E-state index in [0.29, 0.717) is 0 Å². The first-order valence-corrected chi connectivity index (χ1v) is 4.12. The molecule has 0 aliphatic carbocycles. The first kappa shape index (κ1) is 8.63. The standard InChI is InChI=1S/C9H8Cl2/c1-2-7-3-5-8(6-4-7)9(10)11/h2-6,9H,1H2. The molecule has 0 amide bonds. The summed E-state index contributed by atoms with van der Waals surface area (Å²) in [6, 6.07) is 7.64. The Kier molecular flexibility index (Phi) is 2.98. The van der Waals surface area contributed by atoms with Crippen LogP contribution >= 0.6 is 23.2 Å². The third-order valence-corrected chi connectivity index (χ3v) is 1.93. The van der Waals surface area contributed by atoms with Gasteiger partial charge in [0.25, 0.3) is 0 Å². The van der Waals surface area contributed by atoms with Crippen molar-refractivity contribution >= 4 is 29.3 Å². The Balaban J connectivity index is 2.91. The van der Waals surface area contributed by atoms with Crippen LogP contribution < -0.4 is 0 Å². The average Bonchev–Trinajstić information content (AvgIpc) is 2.05. The Morgan fingerprint density at radius 2 is 1.73 bits per heavy atom. The summed E-state index contributed by atoms with van der Waals surface area (Å²) in [7, 11) is 0. The lowest BCUT2D eigenvalue weighted by Gasteiger charge is -2.00. The van der Waals surface area contributed by atoms with Gasteiger partial charge in [0.15, 0.2) is 0 Å². The second kappa shape index (κ2) is 3.80. The number of benzene rings is 1. The molecule has 0 nitrogen and oxygen atoms in total. The lowest BCUT2D eigenvalue weighted by atomic mass is 10.1. The molecule has 2 heteroatoms. The van der Waals surface area contributed by atoms with Crippen LogP contribution in [0.25, 0.3) is 6.08 Å². The Morgan fingerprint density at radius 3 is 2.09 bits per heavy atom. The van der Waals surface area contributed by atoms with E-state index in [4.69, 9.17) is 23.2 Å². The van der Waals surface area contributed by atoms with Gasteiger partial charge in [-0.25, -0.2) is 0 Å². The zero-order chi connectivity index (χ0) is 8.27. The number of halogens is 2. The van der Waals surface area contributed by atoms with E-state index in [1.165, 1.54) is 0 Å². The minimum atomic E-state index is -0.436. The number of hydrogen-bond donors (Lipinski definition) is 0. The Bertz CT molecular complexity index is 236. The lowest BCUT2D eigenvalue weighted by molar-refractivity contribution is 1.35. The van der Waals surface area contributed by atoms with Gasteiger partial charge in [0.1, 0.15) is 4.84 Å². The van der Waals surface area contributed by atoms with Crippen molar-refractivity contribution in [2.75, 3.05) is 0 Å². The van der Waals surface area contributed by atoms with Gasteiger partial charge in [-0.2, -0.15) is 0 Å². The highest BCUT2D eigenvalue weighted by molar-refractivity contribution is 6.44. The number of alkyl halides is 2. The molecule has 0 spiro atoms. The monoisotopic (exact) mass is 186 g/mol. The molecule has 0 fully saturated rings. The van der Waals surface area contributed by atoms with Crippen molar-refractivity contribution in [3.05, 3.63) is 42.0 Å². The van der Waals surface area contributed by atoms with Gasteiger partial charge in [-0.05, 0) is 11.1 Å². The van der Waals surface area contributed by atoms with Crippen LogP contribution in [0, 0.1) is 0 Å². The van der Waals surface area contributed by atoms with Crippen LogP contribution in [0.4, 0.5) is 0 Å². The zero-order valence-corrected chi connectivity index (χ0v) is 7.44. The molecule has 1 rings (SSSR count). The van der Waals surface area contributed by atoms with Gasteiger partial charge in [-0.1, -0.05) is 36.9 Å². The third kappa shape index (κ3) is 2.25. The molecular formula is C9H8Cl2. The zero-order valence-electron chi connectivity index (χ0n) is 5.93. The highest BCUT2D eigenvalue weighted by atomic mass is 35.5. The molecule has 58 valence electrons. The summed E-state index contributed by atoms with van der Waals surface area (Å²) < 4.78 is 0. The predicted octanol–water partition coefficient (Wildman–Crippen LogP) is 3.81. The summed E-state index contributed by atoms with van der Waals surface area (Å²) in [5, 5.41) is 0. The maximum Gasteiger partial charge on any atom is 0.132 e. The second-order valence-electron chi connectivity index (χ2n) is 2.17. The second-order valence-corrected chi connectivity index (χ2v) is 3.27. The highest BCUT2D eigenvalue weighted by Gasteiger charge is 2.00. The van der Waals surface area contributed by atoms with Gasteiger partial charge in [0, 0.05) is 0 Å². The van der Waals surface area contributed by atoms with Gasteiger partial charge >= 0.3 is 0 Å². The van der Waals surface area contributed by atoms with Crippen LogP contribution in [-0.2, 0) is 0 Å². The molecule has 0 atom stereocenters. The molecule has 0 N–H and O–H groups in total. The van der Waals surface area contributed by atoms with Crippen molar-refractivity contribution in [3.63, 3.8) is 0 Å². The van der Waals surface area contributed by atoms with Gasteiger partial charge in [0.05, 0.1) is 0 Å². The Morgan fingerprint density at radius 1 is 1.18 bits per heavy atom. The first-order chi connectivity index (χ1) is 5.24. The van der Waals surface area contributed by atoms with E-state index >= 15 is 0 Å². The highest BCUT2D eigenvalue weighted by Crippen LogP contribution is 2.24. The van der Waals surface area contributed by atoms with E-state index < -0.39 is 4.84 Å². The van der Waals surface area contributed by atoms with Crippen LogP contribution in [0.1, 0.15) is 16.0 Å². The smallest absolute Gasteiger partial charge is 0.100 e. The van der Waals surface area contributed by atoms with Crippen molar-refractivity contribution in [2.24, 2.45) is 0 Å². The van der Waals surface area contributed by atoms with Gasteiger partial charge in [-0.15, -0.1) is 23.2 Å². The van der Waals surface area contributed by atoms with Crippen LogP contribution in [0.15, 0.2) is 30.8 Å². The molecule has 0 radical (unpaired) electrons. The van der Waals surface area contributed by atoms with Crippen LogP contribution in [0.3, 0.4) is 0 Å². The Labute approximate surface area is 76.4 Å². The quantitative estimate of drug-likeness (QED) is 0.617. The van der Waals surface area contributed by atoms with Crippen LogP contribution in [0.5, 0.6) is 0 Å². The van der Waals surface area contributed by atoms with Crippen molar-refractivity contribution < 1.29 is 0 Å². The largest absolute Gasteiger partial charge is 0.132 e. The molecular weight excluding hydrogens is 179 g/mol. The van der Waals surface area contributed by atoms with Crippen LogP contribution in [0.2, 0.25) is 0 Å². The molecule has 11 heavy (non-hydrogen) atoms. The molecule has 1 aromatic rings. The molecule has 0 saturated heterocycles. The summed E-state index contributed by atoms with van der Waals surface area (Å²) in [5.41, 5.74) is 1.99. The van der Waals surface area contributed by atoms with Crippen LogP contribution in [-0.4, -0.2) is 0 Å². The summed E-state index contributed by atoms with van der Waals surface area (Å²) in [4.78, 5) is -0.436. The van der Waals surface area contributed by atoms with Gasteiger partial charge in [-0.3, -0.25) is 0 Å². The van der Waals surface area contributed by atoms with Crippen molar-refractivity contribution in [2.45, 2.75) is 4.84 Å². The summed E-state index contributed by atoms with van der Waals surface area (Å²) in [6.45, 7) is 3.64. The summed E-state index contributed by atoms with van der Waals surface area (Å²) in [6.07, 6.45) is 1.78. The van der Waals surface area contributed by atoms with E-state index in [0.717, 1.165) is 11.1 Å². The van der Waals surface area contributed by atoms with E-state index in [2.05, 4.69) is 6.58 Å². The van der Waals surface area contributed by atoms with E-state index in [1.807, 2.05) is 24.3 Å². The average molecular weight is 187 g/mol. The Hall–Kier alpha value is -0.460. The molecule has 0 bridgehead atoms. The van der Waals surface area contributed by atoms with Gasteiger partial charge < -0.3 is 0 Å². The SMILES string of the molecule is C=Cc1ccc(C(Cl)Cl)cc1. The molecule has 0 aromatic heterocycles. The third-order valence-electron chi connectivity index (χ3n) is 1.42. The van der Waals surface area contributed by atoms with Gasteiger partial charge in [0.2, 0.25) is 0 Å². The van der Waals surface area contributed by atoms with E-state index in [-0.39, 0.29) is 0 Å². The molecule has 0 heterocycles. The van der Waals surface area contributed by atoms with Crippen molar-refractivity contribution in [3.8, 4) is 0 Å². The normalized spacial score (nSPS) is 10.1.